The van der Waals surface area contributed by atoms with Gasteiger partial charge in [-0.05, 0) is 36.0 Å². The van der Waals surface area contributed by atoms with Gasteiger partial charge in [-0.15, -0.1) is 0 Å². The maximum atomic E-state index is 12.7. The summed E-state index contributed by atoms with van der Waals surface area (Å²) in [5.74, 6) is -0.411. The van der Waals surface area contributed by atoms with Gasteiger partial charge in [0.25, 0.3) is 16.8 Å². The van der Waals surface area contributed by atoms with Gasteiger partial charge in [0.1, 0.15) is 12.3 Å². The Bertz CT molecular complexity index is 1180. The summed E-state index contributed by atoms with van der Waals surface area (Å²) in [5.41, 5.74) is 0.150. The molecular weight excluding hydrogens is 442 g/mol. The number of hydrogen-bond donors (Lipinski definition) is 1. The number of rotatable bonds is 6. The largest absolute Gasteiger partial charge is 0.495 e. The molecule has 2 aliphatic heterocycles. The number of methoxy groups -OCH3 is 1. The van der Waals surface area contributed by atoms with Gasteiger partial charge < -0.3 is 19.5 Å². The van der Waals surface area contributed by atoms with Crippen molar-refractivity contribution in [3.8, 4) is 17.2 Å². The molecule has 12 heteroatoms. The van der Waals surface area contributed by atoms with Gasteiger partial charge in [0.2, 0.25) is 12.7 Å². The highest BCUT2D eigenvalue weighted by atomic mass is 32.2. The number of amides is 3. The van der Waals surface area contributed by atoms with E-state index in [4.69, 9.17) is 14.2 Å². The van der Waals surface area contributed by atoms with Crippen LogP contribution in [-0.2, 0) is 9.59 Å². The van der Waals surface area contributed by atoms with Crippen LogP contribution in [0, 0.1) is 10.1 Å². The van der Waals surface area contributed by atoms with Gasteiger partial charge >= 0.3 is 0 Å². The van der Waals surface area contributed by atoms with E-state index in [0.29, 0.717) is 23.2 Å². The van der Waals surface area contributed by atoms with Crippen molar-refractivity contribution in [1.29, 1.82) is 0 Å². The first-order valence-electron chi connectivity index (χ1n) is 9.13. The highest BCUT2D eigenvalue weighted by Gasteiger charge is 2.37. The Balaban J connectivity index is 1.54. The highest BCUT2D eigenvalue weighted by molar-refractivity contribution is 8.18. The molecule has 164 valence electrons. The van der Waals surface area contributed by atoms with Gasteiger partial charge in [-0.1, -0.05) is 12.1 Å². The van der Waals surface area contributed by atoms with Crippen LogP contribution in [0.1, 0.15) is 5.56 Å². The molecule has 2 aromatic rings. The van der Waals surface area contributed by atoms with Gasteiger partial charge in [0.05, 0.1) is 34.3 Å². The van der Waals surface area contributed by atoms with E-state index in [2.05, 4.69) is 5.32 Å². The fourth-order valence-corrected chi connectivity index (χ4v) is 3.91. The number of nitrogens with one attached hydrogen (secondary N) is 1. The molecule has 2 heterocycles. The number of thioether (sulfide) groups is 1. The maximum absolute atomic E-state index is 12.7. The summed E-state index contributed by atoms with van der Waals surface area (Å²) in [4.78, 5) is 49.0. The lowest BCUT2D eigenvalue weighted by molar-refractivity contribution is -0.385. The van der Waals surface area contributed by atoms with Gasteiger partial charge in [0.15, 0.2) is 11.5 Å². The average Bonchev–Trinajstić information content (AvgIpc) is 3.33. The molecule has 3 amide bonds. The first kappa shape index (κ1) is 21.2. The summed E-state index contributed by atoms with van der Waals surface area (Å²) < 4.78 is 15.5. The predicted octanol–water partition coefficient (Wildman–Crippen LogP) is 3.01. The Kier molecular flexibility index (Phi) is 5.69. The molecule has 1 N–H and O–H groups in total. The Labute approximate surface area is 185 Å². The Morgan fingerprint density at radius 1 is 1.28 bits per heavy atom. The number of fused-ring (bicyclic) bond motifs is 1. The first-order chi connectivity index (χ1) is 15.4. The number of ether oxygens (including phenoxy) is 3. The van der Waals surface area contributed by atoms with Crippen molar-refractivity contribution in [1.82, 2.24) is 4.90 Å². The molecule has 0 aromatic heterocycles. The SMILES string of the molecule is COc1ccccc1NC(=O)CN1C(=O)S/C(=C\c2cc3c(cc2[N+](=O)[O-])OCO3)C1=O. The van der Waals surface area contributed by atoms with Crippen molar-refractivity contribution in [2.24, 2.45) is 0 Å². The number of nitrogens with zero attached hydrogens (tertiary/aromatic N) is 2. The molecule has 0 spiro atoms. The van der Waals surface area contributed by atoms with Gasteiger partial charge in [0, 0.05) is 0 Å². The van der Waals surface area contributed by atoms with Crippen molar-refractivity contribution in [3.05, 3.63) is 57.0 Å². The monoisotopic (exact) mass is 457 g/mol. The van der Waals surface area contributed by atoms with E-state index >= 15 is 0 Å². The van der Waals surface area contributed by atoms with Crippen LogP contribution in [0.2, 0.25) is 0 Å². The van der Waals surface area contributed by atoms with Crippen molar-refractivity contribution < 1.29 is 33.5 Å². The zero-order chi connectivity index (χ0) is 22.8. The van der Waals surface area contributed by atoms with Crippen molar-refractivity contribution >= 4 is 46.3 Å². The van der Waals surface area contributed by atoms with Gasteiger partial charge in [-0.25, -0.2) is 0 Å². The second kappa shape index (κ2) is 8.59. The van der Waals surface area contributed by atoms with Crippen LogP contribution in [0.3, 0.4) is 0 Å². The molecular formula is C20H15N3O8S. The maximum Gasteiger partial charge on any atom is 0.294 e. The van der Waals surface area contributed by atoms with E-state index in [9.17, 15) is 24.5 Å². The van der Waals surface area contributed by atoms with Crippen LogP contribution in [0.5, 0.6) is 17.2 Å². The molecule has 11 nitrogen and oxygen atoms in total. The highest BCUT2D eigenvalue weighted by Crippen LogP contribution is 2.40. The topological polar surface area (TPSA) is 137 Å². The van der Waals surface area contributed by atoms with Crippen molar-refractivity contribution in [2.45, 2.75) is 0 Å². The minimum atomic E-state index is -0.734. The van der Waals surface area contributed by atoms with E-state index in [-0.39, 0.29) is 34.4 Å². The standard InChI is InChI=1S/C20H15N3O8S/c1-29-14-5-3-2-4-12(14)21-18(24)9-22-19(25)17(32-20(22)26)7-11-6-15-16(31-10-30-15)8-13(11)23(27)28/h2-8H,9-10H2,1H3,(H,21,24)/b17-7-. The van der Waals surface area contributed by atoms with Crippen LogP contribution in [0.15, 0.2) is 41.3 Å². The second-order valence-corrected chi connectivity index (χ2v) is 7.53. The number of carbonyl (C=O) groups is 3. The summed E-state index contributed by atoms with van der Waals surface area (Å²) in [5, 5.41) is 13.3. The smallest absolute Gasteiger partial charge is 0.294 e. The van der Waals surface area contributed by atoms with E-state index in [0.717, 1.165) is 4.90 Å². The number of benzene rings is 2. The molecule has 2 aliphatic rings. The lowest BCUT2D eigenvalue weighted by Crippen LogP contribution is -2.36. The summed E-state index contributed by atoms with van der Waals surface area (Å²) in [7, 11) is 1.45. The number of carbonyl (C=O) groups excluding carboxylic acids is 3. The molecule has 1 saturated heterocycles. The van der Waals surface area contributed by atoms with E-state index in [1.807, 2.05) is 0 Å². The third kappa shape index (κ3) is 4.07. The number of para-hydroxylation sites is 2. The molecule has 0 bridgehead atoms. The van der Waals surface area contributed by atoms with Gasteiger partial charge in [-0.3, -0.25) is 29.4 Å². The van der Waals surface area contributed by atoms with Crippen LogP contribution >= 0.6 is 11.8 Å². The normalized spacial score (nSPS) is 15.9. The number of anilines is 1. The predicted molar refractivity (Wildman–Crippen MR) is 114 cm³/mol. The molecule has 0 unspecified atom stereocenters. The molecule has 2 aromatic carbocycles. The van der Waals surface area contributed by atoms with E-state index in [1.54, 1.807) is 24.3 Å². The molecule has 0 aliphatic carbocycles. The Hall–Kier alpha value is -4.06. The van der Waals surface area contributed by atoms with Crippen molar-refractivity contribution in [2.75, 3.05) is 25.8 Å². The van der Waals surface area contributed by atoms with E-state index in [1.165, 1.54) is 25.3 Å². The second-order valence-electron chi connectivity index (χ2n) is 6.54. The summed E-state index contributed by atoms with van der Waals surface area (Å²) in [6.07, 6.45) is 1.23. The Morgan fingerprint density at radius 3 is 2.72 bits per heavy atom. The Morgan fingerprint density at radius 2 is 2.00 bits per heavy atom. The number of nitro benzene ring substituents is 1. The van der Waals surface area contributed by atoms with Crippen LogP contribution < -0.4 is 19.5 Å². The quantitative estimate of drug-likeness (QED) is 0.394. The van der Waals surface area contributed by atoms with Gasteiger partial charge in [-0.2, -0.15) is 0 Å². The minimum absolute atomic E-state index is 0.0537. The molecule has 0 atom stereocenters. The van der Waals surface area contributed by atoms with Crippen LogP contribution in [0.25, 0.3) is 6.08 Å². The summed E-state index contributed by atoms with van der Waals surface area (Å²) in [6, 6.07) is 9.24. The zero-order valence-corrected chi connectivity index (χ0v) is 17.3. The number of nitro groups is 1. The average molecular weight is 457 g/mol. The molecule has 32 heavy (non-hydrogen) atoms. The van der Waals surface area contributed by atoms with Crippen LogP contribution in [-0.4, -0.2) is 47.3 Å². The number of hydrogen-bond acceptors (Lipinski definition) is 9. The number of imide groups is 1. The van der Waals surface area contributed by atoms with E-state index < -0.39 is 28.5 Å². The molecule has 0 radical (unpaired) electrons. The molecule has 1 fully saturated rings. The van der Waals surface area contributed by atoms with Crippen molar-refractivity contribution in [3.63, 3.8) is 0 Å². The molecule has 4 rings (SSSR count). The third-order valence-corrected chi connectivity index (χ3v) is 5.47. The first-order valence-corrected chi connectivity index (χ1v) is 9.95. The minimum Gasteiger partial charge on any atom is -0.495 e. The molecule has 0 saturated carbocycles. The fourth-order valence-electron chi connectivity index (χ4n) is 3.08. The summed E-state index contributed by atoms with van der Waals surface area (Å²) in [6.45, 7) is -0.600. The van der Waals surface area contributed by atoms with Crippen LogP contribution in [0.4, 0.5) is 16.2 Å². The third-order valence-electron chi connectivity index (χ3n) is 4.56. The lowest BCUT2D eigenvalue weighted by atomic mass is 10.1. The fraction of sp³-hybridized carbons (Fsp3) is 0.150. The summed E-state index contributed by atoms with van der Waals surface area (Å²) >= 11 is 0.585. The zero-order valence-electron chi connectivity index (χ0n) is 16.5. The lowest BCUT2D eigenvalue weighted by Gasteiger charge is -2.14.